The minimum Gasteiger partial charge on any atom is -0.497 e. The molecule has 0 radical (unpaired) electrons. The van der Waals surface area contributed by atoms with Crippen molar-refractivity contribution in [2.45, 2.75) is 44.8 Å². The van der Waals surface area contributed by atoms with Gasteiger partial charge < -0.3 is 9.26 Å². The number of carbonyl (C=O) groups is 1. The number of benzene rings is 2. The number of aromatic nitrogens is 2. The van der Waals surface area contributed by atoms with E-state index in [1.807, 2.05) is 57.2 Å². The van der Waals surface area contributed by atoms with Gasteiger partial charge in [-0.3, -0.25) is 9.69 Å². The topological polar surface area (TPSA) is 80.8 Å². The predicted molar refractivity (Wildman–Crippen MR) is 134 cm³/mol. The van der Waals surface area contributed by atoms with Crippen LogP contribution < -0.4 is 9.64 Å². The molecule has 1 unspecified atom stereocenters. The molecule has 2 aromatic carbocycles. The van der Waals surface area contributed by atoms with Gasteiger partial charge in [0.25, 0.3) is 5.91 Å². The highest BCUT2D eigenvalue weighted by molar-refractivity contribution is 8.14. The molecular weight excluding hydrogens is 448 g/mol. The molecule has 2 heterocycles. The zero-order valence-electron chi connectivity index (χ0n) is 19.6. The van der Waals surface area contributed by atoms with Crippen LogP contribution in [0.25, 0.3) is 6.08 Å². The summed E-state index contributed by atoms with van der Waals surface area (Å²) in [5.41, 5.74) is 4.21. The number of carbonyl (C=O) groups excluding carboxylic acids is 1. The van der Waals surface area contributed by atoms with E-state index in [2.05, 4.69) is 16.2 Å². The Balaban J connectivity index is 1.48. The number of amides is 1. The normalized spacial score (nSPS) is 17.9. The van der Waals surface area contributed by atoms with Crippen molar-refractivity contribution in [3.8, 4) is 5.75 Å². The van der Waals surface area contributed by atoms with Gasteiger partial charge in [-0.05, 0) is 80.6 Å². The van der Waals surface area contributed by atoms with E-state index in [-0.39, 0.29) is 11.2 Å². The quantitative estimate of drug-likeness (QED) is 0.419. The molecule has 1 saturated carbocycles. The molecule has 3 aromatic rings. The summed E-state index contributed by atoms with van der Waals surface area (Å²) in [4.78, 5) is 24.5. The largest absolute Gasteiger partial charge is 0.497 e. The maximum atomic E-state index is 13.5. The third-order valence-corrected chi connectivity index (χ3v) is 6.78. The van der Waals surface area contributed by atoms with Gasteiger partial charge in [0.1, 0.15) is 11.4 Å². The zero-order valence-corrected chi connectivity index (χ0v) is 20.4. The Labute approximate surface area is 202 Å². The molecule has 2 aliphatic rings. The molecule has 8 heteroatoms. The fourth-order valence-electron chi connectivity index (χ4n) is 3.87. The number of nitrogens with zero attached hydrogens (tertiary/aromatic N) is 4. The summed E-state index contributed by atoms with van der Waals surface area (Å²) in [7, 11) is 1.63. The number of ether oxygens (including phenoxy) is 1. The SMILES string of the molecule is COc1ccc(/C=C2/N=C(SC(C)c3nc(C4CC4)no3)N(c3cc(C)cc(C)c3)C2=O)cc1. The second-order valence-corrected chi connectivity index (χ2v) is 10.0. The van der Waals surface area contributed by atoms with E-state index >= 15 is 0 Å². The number of hydrogen-bond donors (Lipinski definition) is 0. The zero-order chi connectivity index (χ0) is 23.8. The lowest BCUT2D eigenvalue weighted by molar-refractivity contribution is -0.113. The summed E-state index contributed by atoms with van der Waals surface area (Å²) in [5, 5.41) is 4.57. The van der Waals surface area contributed by atoms with Crippen molar-refractivity contribution in [1.82, 2.24) is 10.1 Å². The lowest BCUT2D eigenvalue weighted by atomic mass is 10.1. The molecule has 0 spiro atoms. The highest BCUT2D eigenvalue weighted by Gasteiger charge is 2.35. The standard InChI is InChI=1S/C26H26N4O3S/c1-15-11-16(2)13-20(12-15)30-25(31)22(14-18-5-9-21(32-4)10-6-18)27-26(30)34-17(3)24-28-23(29-33-24)19-7-8-19/h5-6,9-14,17,19H,7-8H2,1-4H3/b22-14+. The predicted octanol–water partition coefficient (Wildman–Crippen LogP) is 5.81. The first-order chi connectivity index (χ1) is 16.4. The Bertz CT molecular complexity index is 1270. The van der Waals surface area contributed by atoms with Crippen LogP contribution in [0, 0.1) is 13.8 Å². The molecule has 0 N–H and O–H groups in total. The summed E-state index contributed by atoms with van der Waals surface area (Å²) in [5.74, 6) is 2.34. The third kappa shape index (κ3) is 4.63. The minimum absolute atomic E-state index is 0.153. The molecule has 1 aliphatic carbocycles. The van der Waals surface area contributed by atoms with Gasteiger partial charge in [0, 0.05) is 5.92 Å². The second kappa shape index (κ2) is 9.10. The summed E-state index contributed by atoms with van der Waals surface area (Å²) in [6, 6.07) is 13.6. The Morgan fingerprint density at radius 3 is 2.50 bits per heavy atom. The van der Waals surface area contributed by atoms with Crippen LogP contribution in [0.2, 0.25) is 0 Å². The van der Waals surface area contributed by atoms with Crippen molar-refractivity contribution in [2.75, 3.05) is 12.0 Å². The third-order valence-electron chi connectivity index (χ3n) is 5.74. The lowest BCUT2D eigenvalue weighted by Crippen LogP contribution is -2.30. The van der Waals surface area contributed by atoms with E-state index in [1.54, 1.807) is 18.1 Å². The van der Waals surface area contributed by atoms with Crippen LogP contribution >= 0.6 is 11.8 Å². The van der Waals surface area contributed by atoms with Gasteiger partial charge in [-0.25, -0.2) is 4.99 Å². The first-order valence-electron chi connectivity index (χ1n) is 11.3. The van der Waals surface area contributed by atoms with Crippen LogP contribution in [0.4, 0.5) is 5.69 Å². The van der Waals surface area contributed by atoms with Crippen LogP contribution in [0.15, 0.2) is 57.7 Å². The molecule has 0 bridgehead atoms. The Morgan fingerprint density at radius 1 is 1.15 bits per heavy atom. The molecule has 1 atom stereocenters. The molecule has 7 nitrogen and oxygen atoms in total. The summed E-state index contributed by atoms with van der Waals surface area (Å²) < 4.78 is 10.8. The number of hydrogen-bond acceptors (Lipinski definition) is 7. The van der Waals surface area contributed by atoms with Crippen molar-refractivity contribution >= 4 is 34.6 Å². The van der Waals surface area contributed by atoms with Crippen LogP contribution in [0.5, 0.6) is 5.75 Å². The molecule has 174 valence electrons. The molecule has 34 heavy (non-hydrogen) atoms. The highest BCUT2D eigenvalue weighted by atomic mass is 32.2. The minimum atomic E-state index is -0.167. The molecule has 0 saturated heterocycles. The fraction of sp³-hybridized carbons (Fsp3) is 0.308. The van der Waals surface area contributed by atoms with Gasteiger partial charge in [0.2, 0.25) is 5.89 Å². The molecule has 1 amide bonds. The van der Waals surface area contributed by atoms with E-state index in [0.717, 1.165) is 46.8 Å². The number of aryl methyl sites for hydroxylation is 2. The van der Waals surface area contributed by atoms with Gasteiger partial charge in [-0.1, -0.05) is 35.1 Å². The number of amidine groups is 1. The number of anilines is 1. The molecular formula is C26H26N4O3S. The van der Waals surface area contributed by atoms with E-state index in [4.69, 9.17) is 14.3 Å². The summed E-state index contributed by atoms with van der Waals surface area (Å²) in [6.07, 6.45) is 4.02. The Morgan fingerprint density at radius 2 is 1.85 bits per heavy atom. The number of rotatable bonds is 6. The Kier molecular flexibility index (Phi) is 6.00. The van der Waals surface area contributed by atoms with Crippen molar-refractivity contribution in [1.29, 1.82) is 0 Å². The fourth-order valence-corrected chi connectivity index (χ4v) is 4.83. The van der Waals surface area contributed by atoms with Gasteiger partial charge >= 0.3 is 0 Å². The molecule has 5 rings (SSSR count). The van der Waals surface area contributed by atoms with Crippen LogP contribution in [-0.2, 0) is 4.79 Å². The van der Waals surface area contributed by atoms with E-state index in [1.165, 1.54) is 11.8 Å². The number of thioether (sulfide) groups is 1. The molecule has 1 fully saturated rings. The monoisotopic (exact) mass is 474 g/mol. The molecule has 1 aliphatic heterocycles. The average Bonchev–Trinajstić information content (AvgIpc) is 3.46. The van der Waals surface area contributed by atoms with Crippen molar-refractivity contribution in [2.24, 2.45) is 4.99 Å². The van der Waals surface area contributed by atoms with E-state index < -0.39 is 0 Å². The maximum absolute atomic E-state index is 13.5. The van der Waals surface area contributed by atoms with Gasteiger partial charge in [0.15, 0.2) is 11.0 Å². The summed E-state index contributed by atoms with van der Waals surface area (Å²) >= 11 is 1.44. The maximum Gasteiger partial charge on any atom is 0.283 e. The lowest BCUT2D eigenvalue weighted by Gasteiger charge is -2.20. The number of aliphatic imine (C=N–C) groups is 1. The van der Waals surface area contributed by atoms with Gasteiger partial charge in [-0.15, -0.1) is 0 Å². The summed E-state index contributed by atoms with van der Waals surface area (Å²) in [6.45, 7) is 6.04. The van der Waals surface area contributed by atoms with Crippen molar-refractivity contribution in [3.63, 3.8) is 0 Å². The Hall–Kier alpha value is -3.39. The van der Waals surface area contributed by atoms with E-state index in [9.17, 15) is 4.79 Å². The van der Waals surface area contributed by atoms with Gasteiger partial charge in [0.05, 0.1) is 18.0 Å². The van der Waals surface area contributed by atoms with Crippen LogP contribution in [-0.4, -0.2) is 28.3 Å². The van der Waals surface area contributed by atoms with E-state index in [0.29, 0.717) is 22.7 Å². The average molecular weight is 475 g/mol. The first kappa shape index (κ1) is 22.4. The van der Waals surface area contributed by atoms with Crippen LogP contribution in [0.1, 0.15) is 59.3 Å². The second-order valence-electron chi connectivity index (χ2n) is 8.71. The smallest absolute Gasteiger partial charge is 0.283 e. The van der Waals surface area contributed by atoms with Crippen LogP contribution in [0.3, 0.4) is 0 Å². The highest BCUT2D eigenvalue weighted by Crippen LogP contribution is 2.40. The van der Waals surface area contributed by atoms with Crippen molar-refractivity contribution < 1.29 is 14.1 Å². The van der Waals surface area contributed by atoms with Crippen molar-refractivity contribution in [3.05, 3.63) is 76.6 Å². The van der Waals surface area contributed by atoms with Gasteiger partial charge in [-0.2, -0.15) is 4.98 Å². The first-order valence-corrected chi connectivity index (χ1v) is 12.2. The number of methoxy groups -OCH3 is 1. The molecule has 1 aromatic heterocycles.